The summed E-state index contributed by atoms with van der Waals surface area (Å²) in [4.78, 5) is 27.4. The van der Waals surface area contributed by atoms with Crippen LogP contribution in [0, 0.1) is 12.8 Å². The van der Waals surface area contributed by atoms with Crippen molar-refractivity contribution < 1.29 is 14.0 Å². The molecule has 3 heterocycles. The van der Waals surface area contributed by atoms with Gasteiger partial charge >= 0.3 is 0 Å². The van der Waals surface area contributed by atoms with E-state index in [-0.39, 0.29) is 36.2 Å². The highest BCUT2D eigenvalue weighted by atomic mass is 16.3. The Morgan fingerprint density at radius 1 is 1.42 bits per heavy atom. The summed E-state index contributed by atoms with van der Waals surface area (Å²) >= 11 is 0. The molecule has 0 spiro atoms. The fourth-order valence-corrected chi connectivity index (χ4v) is 3.84. The largest absolute Gasteiger partial charge is 0.469 e. The van der Waals surface area contributed by atoms with Crippen LogP contribution in [-0.2, 0) is 23.1 Å². The van der Waals surface area contributed by atoms with Crippen LogP contribution in [0.15, 0.2) is 29.0 Å². The molecule has 2 aromatic rings. The fraction of sp³-hybridized carbons (Fsp3) is 0.526. The van der Waals surface area contributed by atoms with Crippen molar-refractivity contribution in [2.75, 3.05) is 6.54 Å². The quantitative estimate of drug-likeness (QED) is 0.855. The maximum atomic E-state index is 12.9. The Labute approximate surface area is 152 Å². The molecule has 138 valence electrons. The van der Waals surface area contributed by atoms with E-state index in [2.05, 4.69) is 10.4 Å². The van der Waals surface area contributed by atoms with Crippen molar-refractivity contribution in [3.8, 4) is 0 Å². The lowest BCUT2D eigenvalue weighted by Crippen LogP contribution is -2.37. The molecule has 0 radical (unpaired) electrons. The summed E-state index contributed by atoms with van der Waals surface area (Å²) in [7, 11) is 1.88. The van der Waals surface area contributed by atoms with Crippen molar-refractivity contribution in [3.05, 3.63) is 41.6 Å². The highest BCUT2D eigenvalue weighted by Gasteiger charge is 2.50. The lowest BCUT2D eigenvalue weighted by Gasteiger charge is -2.28. The topological polar surface area (TPSA) is 80.4 Å². The number of nitrogens with zero attached hydrogens (tertiary/aromatic N) is 3. The second-order valence-corrected chi connectivity index (χ2v) is 7.22. The second kappa shape index (κ2) is 6.63. The van der Waals surface area contributed by atoms with Crippen molar-refractivity contribution in [1.82, 2.24) is 20.0 Å². The van der Waals surface area contributed by atoms with Crippen molar-refractivity contribution in [2.24, 2.45) is 13.0 Å². The molecule has 1 N–H and O–H groups in total. The number of rotatable bonds is 6. The van der Waals surface area contributed by atoms with Crippen LogP contribution < -0.4 is 5.32 Å². The van der Waals surface area contributed by atoms with Crippen LogP contribution in [0.3, 0.4) is 0 Å². The third-order valence-electron chi connectivity index (χ3n) is 5.48. The summed E-state index contributed by atoms with van der Waals surface area (Å²) in [6.45, 7) is 2.49. The van der Waals surface area contributed by atoms with Crippen LogP contribution in [0.25, 0.3) is 0 Å². The molecule has 2 fully saturated rings. The summed E-state index contributed by atoms with van der Waals surface area (Å²) in [6.07, 6.45) is 6.38. The summed E-state index contributed by atoms with van der Waals surface area (Å²) < 4.78 is 7.10. The Morgan fingerprint density at radius 2 is 2.23 bits per heavy atom. The second-order valence-electron chi connectivity index (χ2n) is 7.22. The van der Waals surface area contributed by atoms with Gasteiger partial charge in [-0.2, -0.15) is 5.10 Å². The van der Waals surface area contributed by atoms with E-state index >= 15 is 0 Å². The van der Waals surface area contributed by atoms with Crippen molar-refractivity contribution in [2.45, 2.75) is 44.7 Å². The number of furan rings is 1. The molecule has 4 rings (SSSR count). The average Bonchev–Trinajstić information content (AvgIpc) is 3.05. The van der Waals surface area contributed by atoms with E-state index in [1.807, 2.05) is 31.0 Å². The van der Waals surface area contributed by atoms with Gasteiger partial charge in [0.2, 0.25) is 11.8 Å². The number of carbonyl (C=O) groups excluding carboxylic acids is 2. The van der Waals surface area contributed by atoms with Crippen LogP contribution in [0.2, 0.25) is 0 Å². The first-order chi connectivity index (χ1) is 12.6. The van der Waals surface area contributed by atoms with Gasteiger partial charge in [0, 0.05) is 43.7 Å². The number of hydrogen-bond donors (Lipinski definition) is 1. The molecule has 1 saturated carbocycles. The molecular weight excluding hydrogens is 332 g/mol. The maximum Gasteiger partial charge on any atom is 0.226 e. The minimum Gasteiger partial charge on any atom is -0.469 e. The van der Waals surface area contributed by atoms with E-state index in [4.69, 9.17) is 4.42 Å². The standard InChI is InChI=1S/C19H24N4O3/c1-12-16(11-21-22(12)2)18-15(10-17(24)23(18)13-5-6-13)19(25)20-8-7-14-4-3-9-26-14/h3-4,9,11,13,15,18H,5-8,10H2,1-2H3,(H,20,25)/t15-,18-/m0/s1. The number of hydrogen-bond acceptors (Lipinski definition) is 4. The van der Waals surface area contributed by atoms with Crippen LogP contribution in [0.1, 0.15) is 42.3 Å². The Kier molecular flexibility index (Phi) is 4.30. The Balaban J connectivity index is 1.52. The van der Waals surface area contributed by atoms with Crippen LogP contribution in [0.5, 0.6) is 0 Å². The molecule has 26 heavy (non-hydrogen) atoms. The first-order valence-electron chi connectivity index (χ1n) is 9.16. The Morgan fingerprint density at radius 3 is 2.85 bits per heavy atom. The first-order valence-corrected chi connectivity index (χ1v) is 9.16. The van der Waals surface area contributed by atoms with Crippen molar-refractivity contribution in [1.29, 1.82) is 0 Å². The number of nitrogens with one attached hydrogen (secondary N) is 1. The Bertz CT molecular complexity index is 807. The normalized spacial score (nSPS) is 22.8. The van der Waals surface area contributed by atoms with Gasteiger partial charge in [0.1, 0.15) is 5.76 Å². The van der Waals surface area contributed by atoms with Crippen LogP contribution >= 0.6 is 0 Å². The van der Waals surface area contributed by atoms with E-state index in [1.165, 1.54) is 0 Å². The summed E-state index contributed by atoms with van der Waals surface area (Å²) in [5, 5.41) is 7.31. The molecule has 2 atom stereocenters. The van der Waals surface area contributed by atoms with Crippen LogP contribution in [0.4, 0.5) is 0 Å². The fourth-order valence-electron chi connectivity index (χ4n) is 3.84. The molecule has 1 aliphatic heterocycles. The number of likely N-dealkylation sites (tertiary alicyclic amines) is 1. The highest BCUT2D eigenvalue weighted by molar-refractivity contribution is 5.90. The van der Waals surface area contributed by atoms with Gasteiger partial charge in [-0.3, -0.25) is 14.3 Å². The summed E-state index contributed by atoms with van der Waals surface area (Å²) in [6, 6.07) is 3.78. The third kappa shape index (κ3) is 3.02. The monoisotopic (exact) mass is 356 g/mol. The summed E-state index contributed by atoms with van der Waals surface area (Å²) in [5.41, 5.74) is 1.99. The molecule has 2 aliphatic rings. The predicted octanol–water partition coefficient (Wildman–Crippen LogP) is 1.73. The highest BCUT2D eigenvalue weighted by Crippen LogP contribution is 2.45. The van der Waals surface area contributed by atoms with Gasteiger partial charge in [-0.15, -0.1) is 0 Å². The molecule has 0 unspecified atom stereocenters. The SMILES string of the molecule is Cc1c([C@@H]2[C@@H](C(=O)NCCc3ccco3)CC(=O)N2C2CC2)cnn1C. The van der Waals surface area contributed by atoms with Gasteiger partial charge in [-0.1, -0.05) is 0 Å². The van der Waals surface area contributed by atoms with Gasteiger partial charge in [-0.25, -0.2) is 0 Å². The van der Waals surface area contributed by atoms with E-state index in [9.17, 15) is 9.59 Å². The average molecular weight is 356 g/mol. The molecule has 2 amide bonds. The molecule has 1 saturated heterocycles. The molecule has 2 aromatic heterocycles. The van der Waals surface area contributed by atoms with E-state index in [0.29, 0.717) is 13.0 Å². The number of aryl methyl sites for hydroxylation is 1. The van der Waals surface area contributed by atoms with Crippen molar-refractivity contribution >= 4 is 11.8 Å². The van der Waals surface area contributed by atoms with Gasteiger partial charge in [0.05, 0.1) is 24.4 Å². The molecule has 7 nitrogen and oxygen atoms in total. The maximum absolute atomic E-state index is 12.9. The molecular formula is C19H24N4O3. The Hall–Kier alpha value is -2.57. The molecule has 7 heteroatoms. The van der Waals surface area contributed by atoms with Gasteiger partial charge in [-0.05, 0) is 31.9 Å². The van der Waals surface area contributed by atoms with Crippen molar-refractivity contribution in [3.63, 3.8) is 0 Å². The molecule has 0 bridgehead atoms. The lowest BCUT2D eigenvalue weighted by atomic mass is 9.93. The lowest BCUT2D eigenvalue weighted by molar-refractivity contribution is -0.129. The first kappa shape index (κ1) is 16.9. The van der Waals surface area contributed by atoms with Gasteiger partial charge in [0.15, 0.2) is 0 Å². The van der Waals surface area contributed by atoms with Gasteiger partial charge < -0.3 is 14.6 Å². The van der Waals surface area contributed by atoms with E-state index < -0.39 is 0 Å². The zero-order valence-electron chi connectivity index (χ0n) is 15.1. The molecule has 1 aliphatic carbocycles. The molecule has 0 aromatic carbocycles. The summed E-state index contributed by atoms with van der Waals surface area (Å²) in [5.74, 6) is 0.475. The van der Waals surface area contributed by atoms with E-state index in [1.54, 1.807) is 17.1 Å². The minimum atomic E-state index is -0.373. The zero-order valence-corrected chi connectivity index (χ0v) is 15.1. The number of carbonyl (C=O) groups is 2. The van der Waals surface area contributed by atoms with E-state index in [0.717, 1.165) is 29.9 Å². The number of aromatic nitrogens is 2. The van der Waals surface area contributed by atoms with Crippen LogP contribution in [-0.4, -0.2) is 39.1 Å². The predicted molar refractivity (Wildman–Crippen MR) is 94.1 cm³/mol. The minimum absolute atomic E-state index is 0.0682. The van der Waals surface area contributed by atoms with Gasteiger partial charge in [0.25, 0.3) is 0 Å². The smallest absolute Gasteiger partial charge is 0.226 e. The zero-order chi connectivity index (χ0) is 18.3. The number of amides is 2. The third-order valence-corrected chi connectivity index (χ3v) is 5.48.